The van der Waals surface area contributed by atoms with E-state index in [2.05, 4.69) is 17.2 Å². The summed E-state index contributed by atoms with van der Waals surface area (Å²) in [5.41, 5.74) is 4.94. The van der Waals surface area contributed by atoms with Crippen LogP contribution in [0.25, 0.3) is 0 Å². The molecule has 0 bridgehead atoms. The Morgan fingerprint density at radius 3 is 2.46 bits per heavy atom. The van der Waals surface area contributed by atoms with Gasteiger partial charge in [0, 0.05) is 23.4 Å². The SMILES string of the molecule is N[C@]1(C(=O)O)C[C@@H](NC(=O)C#Cc2ccccc2)[C@@H]2[C@@H](C(=O)O)[C@H]21. The molecular formula is C17H16N2O5. The number of hydrogen-bond donors (Lipinski definition) is 4. The molecule has 24 heavy (non-hydrogen) atoms. The van der Waals surface area contributed by atoms with Crippen LogP contribution in [0.2, 0.25) is 0 Å². The van der Waals surface area contributed by atoms with Crippen LogP contribution in [0.5, 0.6) is 0 Å². The second-order valence-corrected chi connectivity index (χ2v) is 6.21. The molecule has 7 nitrogen and oxygen atoms in total. The van der Waals surface area contributed by atoms with E-state index >= 15 is 0 Å². The van der Waals surface area contributed by atoms with Gasteiger partial charge in [0.2, 0.25) is 0 Å². The number of fused-ring (bicyclic) bond motifs is 1. The molecule has 0 aliphatic heterocycles. The molecule has 0 aromatic heterocycles. The second kappa shape index (κ2) is 5.65. The van der Waals surface area contributed by atoms with Crippen LogP contribution in [-0.2, 0) is 14.4 Å². The van der Waals surface area contributed by atoms with Crippen LogP contribution in [-0.4, -0.2) is 39.6 Å². The fraction of sp³-hybridized carbons (Fsp3) is 0.353. The average molecular weight is 328 g/mol. The zero-order valence-corrected chi connectivity index (χ0v) is 12.6. The van der Waals surface area contributed by atoms with Crippen LogP contribution in [0.4, 0.5) is 0 Å². The van der Waals surface area contributed by atoms with Gasteiger partial charge in [-0.25, -0.2) is 0 Å². The van der Waals surface area contributed by atoms with Gasteiger partial charge in [0.25, 0.3) is 5.91 Å². The molecule has 1 aromatic carbocycles. The summed E-state index contributed by atoms with van der Waals surface area (Å²) in [6.45, 7) is 0. The third-order valence-corrected chi connectivity index (χ3v) is 4.79. The number of rotatable bonds is 3. The molecule has 2 fully saturated rings. The van der Waals surface area contributed by atoms with E-state index in [4.69, 9.17) is 5.73 Å². The van der Waals surface area contributed by atoms with Crippen molar-refractivity contribution in [1.82, 2.24) is 5.32 Å². The van der Waals surface area contributed by atoms with Crippen molar-refractivity contribution in [2.45, 2.75) is 18.0 Å². The average Bonchev–Trinajstić information content (AvgIpc) is 3.23. The predicted molar refractivity (Wildman–Crippen MR) is 82.5 cm³/mol. The lowest BCUT2D eigenvalue weighted by Gasteiger charge is -2.24. The number of hydrogen-bond acceptors (Lipinski definition) is 4. The summed E-state index contributed by atoms with van der Waals surface area (Å²) in [5.74, 6) is 0.249. The molecule has 0 spiro atoms. The van der Waals surface area contributed by atoms with E-state index in [9.17, 15) is 24.6 Å². The first kappa shape index (κ1) is 16.0. The number of benzene rings is 1. The molecule has 124 valence electrons. The molecule has 0 saturated heterocycles. The van der Waals surface area contributed by atoms with Crippen LogP contribution in [0.3, 0.4) is 0 Å². The van der Waals surface area contributed by atoms with Crippen molar-refractivity contribution in [1.29, 1.82) is 0 Å². The fourth-order valence-corrected chi connectivity index (χ4v) is 3.69. The zero-order chi connectivity index (χ0) is 17.5. The lowest BCUT2D eigenvalue weighted by Crippen LogP contribution is -2.52. The highest BCUT2D eigenvalue weighted by atomic mass is 16.4. The van der Waals surface area contributed by atoms with E-state index in [1.54, 1.807) is 24.3 Å². The van der Waals surface area contributed by atoms with Gasteiger partial charge in [-0.15, -0.1) is 0 Å². The Balaban J connectivity index is 1.72. The summed E-state index contributed by atoms with van der Waals surface area (Å²) in [6, 6.07) is 8.32. The van der Waals surface area contributed by atoms with Gasteiger partial charge >= 0.3 is 11.9 Å². The molecule has 0 heterocycles. The van der Waals surface area contributed by atoms with Gasteiger partial charge in [-0.05, 0) is 24.5 Å². The van der Waals surface area contributed by atoms with Gasteiger partial charge in [-0.1, -0.05) is 24.1 Å². The number of amides is 1. The van der Waals surface area contributed by atoms with E-state index in [-0.39, 0.29) is 6.42 Å². The Hall–Kier alpha value is -2.85. The normalized spacial score (nSPS) is 32.9. The molecule has 3 rings (SSSR count). The molecule has 2 aliphatic carbocycles. The molecule has 2 aliphatic rings. The summed E-state index contributed by atoms with van der Waals surface area (Å²) < 4.78 is 0. The maximum atomic E-state index is 12.0. The van der Waals surface area contributed by atoms with Crippen LogP contribution in [0.15, 0.2) is 30.3 Å². The molecule has 7 heteroatoms. The lowest BCUT2D eigenvalue weighted by molar-refractivity contribution is -0.145. The summed E-state index contributed by atoms with van der Waals surface area (Å²) >= 11 is 0. The first-order chi connectivity index (χ1) is 11.3. The standard InChI is InChI=1S/C17H16N2O5/c18-17(16(23)24)8-10(12-13(14(12)17)15(21)22)19-11(20)7-6-9-4-2-1-3-5-9/h1-5,10,12-14H,8,18H2,(H,19,20)(H,21,22)(H,23,24)/t10-,12-,13-,14+,17-/m1/s1. The van der Waals surface area contributed by atoms with Gasteiger partial charge in [-0.2, -0.15) is 0 Å². The van der Waals surface area contributed by atoms with Crippen molar-refractivity contribution in [3.63, 3.8) is 0 Å². The first-order valence-electron chi connectivity index (χ1n) is 7.47. The van der Waals surface area contributed by atoms with Crippen molar-refractivity contribution in [2.75, 3.05) is 0 Å². The minimum absolute atomic E-state index is 0.000202. The quantitative estimate of drug-likeness (QED) is 0.562. The second-order valence-electron chi connectivity index (χ2n) is 6.21. The Morgan fingerprint density at radius 2 is 1.88 bits per heavy atom. The third-order valence-electron chi connectivity index (χ3n) is 4.79. The number of carbonyl (C=O) groups excluding carboxylic acids is 1. The highest BCUT2D eigenvalue weighted by molar-refractivity contribution is 5.95. The highest BCUT2D eigenvalue weighted by Crippen LogP contribution is 2.61. The van der Waals surface area contributed by atoms with Gasteiger partial charge in [-0.3, -0.25) is 14.4 Å². The number of nitrogens with two attached hydrogens (primary N) is 1. The number of aliphatic carboxylic acids is 2. The summed E-state index contributed by atoms with van der Waals surface area (Å²) in [5, 5.41) is 21.1. The van der Waals surface area contributed by atoms with Crippen molar-refractivity contribution in [3.8, 4) is 11.8 Å². The highest BCUT2D eigenvalue weighted by Gasteiger charge is 2.74. The van der Waals surface area contributed by atoms with E-state index in [1.165, 1.54) is 0 Å². The van der Waals surface area contributed by atoms with E-state index in [0.717, 1.165) is 0 Å². The summed E-state index contributed by atoms with van der Waals surface area (Å²) in [7, 11) is 0. The van der Waals surface area contributed by atoms with Crippen LogP contribution in [0, 0.1) is 29.6 Å². The maximum Gasteiger partial charge on any atom is 0.324 e. The van der Waals surface area contributed by atoms with Crippen molar-refractivity contribution in [3.05, 3.63) is 35.9 Å². The Labute approximate surface area is 137 Å². The lowest BCUT2D eigenvalue weighted by atomic mass is 9.90. The van der Waals surface area contributed by atoms with Gasteiger partial charge in [0.15, 0.2) is 0 Å². The number of carboxylic acid groups (broad SMARTS) is 2. The number of carboxylic acids is 2. The van der Waals surface area contributed by atoms with Gasteiger partial charge in [0.1, 0.15) is 5.54 Å². The largest absolute Gasteiger partial charge is 0.481 e. The Morgan fingerprint density at radius 1 is 1.21 bits per heavy atom. The summed E-state index contributed by atoms with van der Waals surface area (Å²) in [6.07, 6.45) is 0.000202. The topological polar surface area (TPSA) is 130 Å². The van der Waals surface area contributed by atoms with Crippen molar-refractivity contribution < 1.29 is 24.6 Å². The molecule has 1 amide bonds. The van der Waals surface area contributed by atoms with Crippen LogP contribution >= 0.6 is 0 Å². The van der Waals surface area contributed by atoms with Crippen molar-refractivity contribution in [2.24, 2.45) is 23.5 Å². The molecule has 1 aromatic rings. The Kier molecular flexibility index (Phi) is 3.78. The molecule has 2 saturated carbocycles. The number of carbonyl (C=O) groups is 3. The van der Waals surface area contributed by atoms with Crippen LogP contribution < -0.4 is 11.1 Å². The predicted octanol–water partition coefficient (Wildman–Crippen LogP) is -0.344. The minimum atomic E-state index is -1.63. The smallest absolute Gasteiger partial charge is 0.324 e. The molecule has 5 atom stereocenters. The molecular weight excluding hydrogens is 312 g/mol. The van der Waals surface area contributed by atoms with E-state index < -0.39 is 47.2 Å². The summed E-state index contributed by atoms with van der Waals surface area (Å²) in [4.78, 5) is 34.6. The van der Waals surface area contributed by atoms with Gasteiger partial charge < -0.3 is 21.3 Å². The zero-order valence-electron chi connectivity index (χ0n) is 12.6. The van der Waals surface area contributed by atoms with E-state index in [1.807, 2.05) is 6.07 Å². The monoisotopic (exact) mass is 328 g/mol. The van der Waals surface area contributed by atoms with Gasteiger partial charge in [0.05, 0.1) is 5.92 Å². The van der Waals surface area contributed by atoms with Crippen molar-refractivity contribution >= 4 is 17.8 Å². The Bertz CT molecular complexity index is 766. The molecule has 0 unspecified atom stereocenters. The third kappa shape index (κ3) is 2.61. The minimum Gasteiger partial charge on any atom is -0.481 e. The molecule has 5 N–H and O–H groups in total. The number of nitrogens with one attached hydrogen (secondary N) is 1. The van der Waals surface area contributed by atoms with E-state index in [0.29, 0.717) is 5.56 Å². The van der Waals surface area contributed by atoms with Crippen LogP contribution in [0.1, 0.15) is 12.0 Å². The fourth-order valence-electron chi connectivity index (χ4n) is 3.69. The molecule has 0 radical (unpaired) electrons. The maximum absolute atomic E-state index is 12.0. The first-order valence-corrected chi connectivity index (χ1v) is 7.47.